The number of nitrogens with one attached hydrogen (secondary N) is 1. The predicted molar refractivity (Wildman–Crippen MR) is 69.0 cm³/mol. The largest absolute Gasteiger partial charge is 0.480 e. The highest BCUT2D eigenvalue weighted by atomic mass is 16.4. The highest BCUT2D eigenvalue weighted by Crippen LogP contribution is 2.33. The van der Waals surface area contributed by atoms with Crippen LogP contribution in [-0.4, -0.2) is 29.6 Å². The fraction of sp³-hybridized carbons (Fsp3) is 0.385. The van der Waals surface area contributed by atoms with Crippen LogP contribution in [-0.2, 0) is 9.59 Å². The summed E-state index contributed by atoms with van der Waals surface area (Å²) < 4.78 is 0. The lowest BCUT2D eigenvalue weighted by molar-refractivity contribution is -0.136. The van der Waals surface area contributed by atoms with Gasteiger partial charge in [-0.15, -0.1) is 0 Å². The first-order valence-corrected chi connectivity index (χ1v) is 5.81. The van der Waals surface area contributed by atoms with E-state index in [1.54, 1.807) is 6.92 Å². The van der Waals surface area contributed by atoms with Gasteiger partial charge in [0.05, 0.1) is 11.4 Å². The number of carbonyl (C=O) groups is 2. The molecule has 0 bridgehead atoms. The van der Waals surface area contributed by atoms with E-state index in [0.29, 0.717) is 5.69 Å². The van der Waals surface area contributed by atoms with Crippen molar-refractivity contribution in [2.45, 2.75) is 26.8 Å². The standard InChI is InChI=1S/C13H16N2O3/c1-7-4-10-11(5-8(7)2)15(6-12(16)17)13(18)9(3)14-10/h4-5,9,14H,6H2,1-3H3,(H,16,17). The predicted octanol–water partition coefficient (Wildman–Crippen LogP) is 1.54. The van der Waals surface area contributed by atoms with Gasteiger partial charge in [-0.2, -0.15) is 0 Å². The van der Waals surface area contributed by atoms with Crippen LogP contribution in [0.5, 0.6) is 0 Å². The molecular weight excluding hydrogens is 232 g/mol. The highest BCUT2D eigenvalue weighted by molar-refractivity contribution is 6.07. The van der Waals surface area contributed by atoms with E-state index in [2.05, 4.69) is 5.32 Å². The Bertz CT molecular complexity index is 525. The Kier molecular flexibility index (Phi) is 2.98. The van der Waals surface area contributed by atoms with Crippen LogP contribution in [0.15, 0.2) is 12.1 Å². The molecule has 0 fully saturated rings. The van der Waals surface area contributed by atoms with E-state index in [4.69, 9.17) is 5.11 Å². The fourth-order valence-corrected chi connectivity index (χ4v) is 2.09. The van der Waals surface area contributed by atoms with Gasteiger partial charge in [0.15, 0.2) is 0 Å². The second-order valence-electron chi connectivity index (χ2n) is 4.64. The van der Waals surface area contributed by atoms with Crippen LogP contribution < -0.4 is 10.2 Å². The van der Waals surface area contributed by atoms with E-state index >= 15 is 0 Å². The van der Waals surface area contributed by atoms with Crippen molar-refractivity contribution in [2.24, 2.45) is 0 Å². The fourth-order valence-electron chi connectivity index (χ4n) is 2.09. The van der Waals surface area contributed by atoms with Gasteiger partial charge in [-0.25, -0.2) is 0 Å². The molecule has 1 heterocycles. The number of fused-ring (bicyclic) bond motifs is 1. The van der Waals surface area contributed by atoms with E-state index in [9.17, 15) is 9.59 Å². The van der Waals surface area contributed by atoms with Crippen molar-refractivity contribution in [3.8, 4) is 0 Å². The first-order chi connectivity index (χ1) is 8.40. The van der Waals surface area contributed by atoms with Gasteiger partial charge in [-0.05, 0) is 44.0 Å². The maximum atomic E-state index is 12.0. The second kappa shape index (κ2) is 4.33. The van der Waals surface area contributed by atoms with E-state index in [1.165, 1.54) is 4.90 Å². The van der Waals surface area contributed by atoms with Gasteiger partial charge in [0, 0.05) is 0 Å². The number of rotatable bonds is 2. The van der Waals surface area contributed by atoms with Gasteiger partial charge in [0.25, 0.3) is 0 Å². The third-order valence-electron chi connectivity index (χ3n) is 3.20. The molecule has 0 saturated heterocycles. The van der Waals surface area contributed by atoms with Crippen molar-refractivity contribution in [1.82, 2.24) is 0 Å². The van der Waals surface area contributed by atoms with Gasteiger partial charge in [-0.3, -0.25) is 14.5 Å². The number of anilines is 2. The first kappa shape index (κ1) is 12.4. The molecule has 1 aliphatic rings. The molecule has 1 aliphatic heterocycles. The average molecular weight is 248 g/mol. The molecule has 18 heavy (non-hydrogen) atoms. The summed E-state index contributed by atoms with van der Waals surface area (Å²) in [7, 11) is 0. The Morgan fingerprint density at radius 2 is 2.00 bits per heavy atom. The number of carboxylic acids is 1. The zero-order valence-electron chi connectivity index (χ0n) is 10.7. The number of hydrogen-bond donors (Lipinski definition) is 2. The van der Waals surface area contributed by atoms with E-state index < -0.39 is 12.0 Å². The molecule has 5 nitrogen and oxygen atoms in total. The molecule has 0 aliphatic carbocycles. The van der Waals surface area contributed by atoms with E-state index in [0.717, 1.165) is 16.8 Å². The summed E-state index contributed by atoms with van der Waals surface area (Å²) in [6.07, 6.45) is 0. The van der Waals surface area contributed by atoms with Crippen molar-refractivity contribution in [2.75, 3.05) is 16.8 Å². The number of carboxylic acid groups (broad SMARTS) is 1. The molecule has 2 N–H and O–H groups in total. The summed E-state index contributed by atoms with van der Waals surface area (Å²) in [5, 5.41) is 12.0. The lowest BCUT2D eigenvalue weighted by Gasteiger charge is -2.33. The molecule has 0 saturated carbocycles. The van der Waals surface area contributed by atoms with Crippen molar-refractivity contribution in [1.29, 1.82) is 0 Å². The van der Waals surface area contributed by atoms with Crippen LogP contribution in [0.3, 0.4) is 0 Å². The second-order valence-corrected chi connectivity index (χ2v) is 4.64. The van der Waals surface area contributed by atoms with Crippen molar-refractivity contribution < 1.29 is 14.7 Å². The number of aryl methyl sites for hydroxylation is 2. The Hall–Kier alpha value is -2.04. The SMILES string of the molecule is Cc1cc2c(cc1C)N(CC(=O)O)C(=O)C(C)N2. The van der Waals surface area contributed by atoms with Gasteiger partial charge < -0.3 is 10.4 Å². The monoisotopic (exact) mass is 248 g/mol. The Labute approximate surface area is 105 Å². The zero-order valence-corrected chi connectivity index (χ0v) is 10.7. The van der Waals surface area contributed by atoms with Crippen LogP contribution in [0.1, 0.15) is 18.1 Å². The smallest absolute Gasteiger partial charge is 0.323 e. The minimum absolute atomic E-state index is 0.215. The normalized spacial score (nSPS) is 18.3. The molecule has 5 heteroatoms. The Morgan fingerprint density at radius 3 is 2.61 bits per heavy atom. The molecule has 1 aromatic rings. The van der Waals surface area contributed by atoms with E-state index in [1.807, 2.05) is 26.0 Å². The number of benzene rings is 1. The van der Waals surface area contributed by atoms with Gasteiger partial charge >= 0.3 is 5.97 Å². The Balaban J connectivity index is 2.51. The summed E-state index contributed by atoms with van der Waals surface area (Å²) in [6.45, 7) is 5.35. The first-order valence-electron chi connectivity index (χ1n) is 5.81. The number of amides is 1. The summed E-state index contributed by atoms with van der Waals surface area (Å²) in [4.78, 5) is 24.2. The van der Waals surface area contributed by atoms with Crippen LogP contribution in [0.25, 0.3) is 0 Å². The minimum atomic E-state index is -1.01. The van der Waals surface area contributed by atoms with Crippen LogP contribution >= 0.6 is 0 Å². The number of aliphatic carboxylic acids is 1. The molecule has 1 aromatic carbocycles. The molecular formula is C13H16N2O3. The summed E-state index contributed by atoms with van der Waals surface area (Å²) in [5.41, 5.74) is 3.60. The summed E-state index contributed by atoms with van der Waals surface area (Å²) >= 11 is 0. The summed E-state index contributed by atoms with van der Waals surface area (Å²) in [6, 6.07) is 3.39. The van der Waals surface area contributed by atoms with Gasteiger partial charge in [-0.1, -0.05) is 0 Å². The maximum Gasteiger partial charge on any atom is 0.323 e. The van der Waals surface area contributed by atoms with Crippen LogP contribution in [0, 0.1) is 13.8 Å². The molecule has 1 atom stereocenters. The lowest BCUT2D eigenvalue weighted by Crippen LogP contribution is -2.47. The topological polar surface area (TPSA) is 69.6 Å². The number of nitrogens with zero attached hydrogens (tertiary/aromatic N) is 1. The van der Waals surface area contributed by atoms with Crippen LogP contribution in [0.4, 0.5) is 11.4 Å². The number of carbonyl (C=O) groups excluding carboxylic acids is 1. The summed E-state index contributed by atoms with van der Waals surface area (Å²) in [5.74, 6) is -1.23. The van der Waals surface area contributed by atoms with Gasteiger partial charge in [0.2, 0.25) is 5.91 Å². The Morgan fingerprint density at radius 1 is 1.39 bits per heavy atom. The zero-order chi connectivity index (χ0) is 13.4. The quantitative estimate of drug-likeness (QED) is 0.832. The third-order valence-corrected chi connectivity index (χ3v) is 3.20. The van der Waals surface area contributed by atoms with Gasteiger partial charge in [0.1, 0.15) is 12.6 Å². The third kappa shape index (κ3) is 2.03. The maximum absolute atomic E-state index is 12.0. The molecule has 2 rings (SSSR count). The molecule has 0 radical (unpaired) electrons. The molecule has 1 unspecified atom stereocenters. The molecule has 0 spiro atoms. The van der Waals surface area contributed by atoms with Crippen LogP contribution in [0.2, 0.25) is 0 Å². The average Bonchev–Trinajstić information content (AvgIpc) is 2.28. The number of hydrogen-bond acceptors (Lipinski definition) is 3. The van der Waals surface area contributed by atoms with Crippen molar-refractivity contribution in [3.05, 3.63) is 23.3 Å². The van der Waals surface area contributed by atoms with E-state index in [-0.39, 0.29) is 12.5 Å². The highest BCUT2D eigenvalue weighted by Gasteiger charge is 2.31. The molecule has 1 amide bonds. The molecule has 96 valence electrons. The lowest BCUT2D eigenvalue weighted by atomic mass is 10.0. The van der Waals surface area contributed by atoms with Crippen molar-refractivity contribution in [3.63, 3.8) is 0 Å². The minimum Gasteiger partial charge on any atom is -0.480 e. The molecule has 0 aromatic heterocycles. The van der Waals surface area contributed by atoms with Crippen molar-refractivity contribution >= 4 is 23.3 Å².